The van der Waals surface area contributed by atoms with E-state index in [1.165, 1.54) is 22.2 Å². The molecule has 1 N–H and O–H groups in total. The maximum Gasteiger partial charge on any atom is 0.230 e. The van der Waals surface area contributed by atoms with Gasteiger partial charge in [-0.1, -0.05) is 59.9 Å². The number of benzene rings is 2. The van der Waals surface area contributed by atoms with Crippen LogP contribution in [0, 0.1) is 0 Å². The number of rotatable bonds is 12. The lowest BCUT2D eigenvalue weighted by Crippen LogP contribution is -2.14. The highest BCUT2D eigenvalue weighted by molar-refractivity contribution is 7.15. The van der Waals surface area contributed by atoms with E-state index in [9.17, 15) is 9.59 Å². The Labute approximate surface area is 197 Å². The summed E-state index contributed by atoms with van der Waals surface area (Å²) in [7, 11) is 0. The molecule has 4 rings (SSSR count). The van der Waals surface area contributed by atoms with Crippen molar-refractivity contribution in [2.75, 3.05) is 5.32 Å². The number of amides is 1. The molecule has 0 aliphatic heterocycles. The molecule has 170 valence electrons. The molecule has 4 aromatic rings. The van der Waals surface area contributed by atoms with E-state index in [2.05, 4.69) is 44.5 Å². The second-order valence-electron chi connectivity index (χ2n) is 8.13. The first-order valence-electron chi connectivity index (χ1n) is 11.4. The van der Waals surface area contributed by atoms with Crippen LogP contribution in [-0.4, -0.2) is 26.5 Å². The van der Waals surface area contributed by atoms with Crippen LogP contribution in [0.4, 0.5) is 5.13 Å². The molecule has 33 heavy (non-hydrogen) atoms. The van der Waals surface area contributed by atoms with E-state index < -0.39 is 0 Å². The number of hydrogen-bond acceptors (Lipinski definition) is 5. The molecule has 0 saturated heterocycles. The van der Waals surface area contributed by atoms with E-state index in [1.54, 1.807) is 0 Å². The van der Waals surface area contributed by atoms with Crippen LogP contribution in [0.25, 0.3) is 10.9 Å². The molecule has 6 nitrogen and oxygen atoms in total. The number of aromatic nitrogens is 3. The number of fused-ring (bicyclic) bond motifs is 1. The van der Waals surface area contributed by atoms with Crippen molar-refractivity contribution in [1.29, 1.82) is 0 Å². The molecule has 7 heteroatoms. The molecule has 0 bridgehead atoms. The van der Waals surface area contributed by atoms with Gasteiger partial charge in [-0.05, 0) is 42.3 Å². The molecule has 2 heterocycles. The van der Waals surface area contributed by atoms with Gasteiger partial charge in [0.25, 0.3) is 0 Å². The van der Waals surface area contributed by atoms with Crippen LogP contribution < -0.4 is 5.32 Å². The minimum atomic E-state index is -0.0950. The van der Waals surface area contributed by atoms with E-state index in [1.807, 2.05) is 42.5 Å². The SMILES string of the molecule is O=C(CCCCc1nnc(NC(=O)Cc2ccccc2)s1)CCCn1ccc2ccccc21. The van der Waals surface area contributed by atoms with Crippen molar-refractivity contribution in [3.63, 3.8) is 0 Å². The molecule has 0 fully saturated rings. The van der Waals surface area contributed by atoms with Crippen molar-refractivity contribution < 1.29 is 9.59 Å². The Morgan fingerprint density at radius 2 is 1.67 bits per heavy atom. The minimum absolute atomic E-state index is 0.0950. The summed E-state index contributed by atoms with van der Waals surface area (Å²) in [5.74, 6) is 0.222. The van der Waals surface area contributed by atoms with Gasteiger partial charge in [0.15, 0.2) is 0 Å². The normalized spacial score (nSPS) is 11.0. The fourth-order valence-corrected chi connectivity index (χ4v) is 4.65. The van der Waals surface area contributed by atoms with Gasteiger partial charge in [0.1, 0.15) is 10.8 Å². The number of ketones is 1. The van der Waals surface area contributed by atoms with E-state index in [4.69, 9.17) is 0 Å². The zero-order valence-electron chi connectivity index (χ0n) is 18.6. The lowest BCUT2D eigenvalue weighted by molar-refractivity contribution is -0.119. The minimum Gasteiger partial charge on any atom is -0.347 e. The molecule has 0 atom stereocenters. The average molecular weight is 461 g/mol. The van der Waals surface area contributed by atoms with Crippen molar-refractivity contribution in [2.45, 2.75) is 51.5 Å². The zero-order valence-corrected chi connectivity index (χ0v) is 19.4. The molecule has 1 amide bonds. The second kappa shape index (κ2) is 11.5. The molecule has 0 spiro atoms. The fourth-order valence-electron chi connectivity index (χ4n) is 3.86. The average Bonchev–Trinajstić information content (AvgIpc) is 3.44. The molecule has 0 radical (unpaired) electrons. The zero-order chi connectivity index (χ0) is 22.9. The first kappa shape index (κ1) is 22.9. The summed E-state index contributed by atoms with van der Waals surface area (Å²) in [5, 5.41) is 13.7. The summed E-state index contributed by atoms with van der Waals surface area (Å²) in [6.45, 7) is 0.864. The number of carbonyl (C=O) groups excluding carboxylic acids is 2. The summed E-state index contributed by atoms with van der Waals surface area (Å²) in [6, 6.07) is 20.0. The van der Waals surface area contributed by atoms with Gasteiger partial charge in [0.05, 0.1) is 6.42 Å². The number of Topliss-reactive ketones (excluding diaryl/α,β-unsaturated/α-hetero) is 1. The highest BCUT2D eigenvalue weighted by Gasteiger charge is 2.10. The van der Waals surface area contributed by atoms with Crippen LogP contribution in [0.5, 0.6) is 0 Å². The van der Waals surface area contributed by atoms with E-state index in [-0.39, 0.29) is 5.91 Å². The lowest BCUT2D eigenvalue weighted by atomic mass is 10.1. The summed E-state index contributed by atoms with van der Waals surface area (Å²) in [6.07, 6.45) is 7.00. The summed E-state index contributed by atoms with van der Waals surface area (Å²) in [4.78, 5) is 24.4. The van der Waals surface area contributed by atoms with Gasteiger partial charge in [-0.15, -0.1) is 10.2 Å². The van der Waals surface area contributed by atoms with Gasteiger partial charge in [-0.2, -0.15) is 0 Å². The van der Waals surface area contributed by atoms with Gasteiger partial charge in [-0.25, -0.2) is 0 Å². The van der Waals surface area contributed by atoms with Crippen LogP contribution in [0.1, 0.15) is 42.7 Å². The van der Waals surface area contributed by atoms with Gasteiger partial charge >= 0.3 is 0 Å². The maximum absolute atomic E-state index is 12.2. The molecular weight excluding hydrogens is 432 g/mol. The molecule has 0 aliphatic rings. The molecule has 0 aliphatic carbocycles. The Hall–Kier alpha value is -3.32. The number of hydrogen-bond donors (Lipinski definition) is 1. The first-order chi connectivity index (χ1) is 16.2. The smallest absolute Gasteiger partial charge is 0.230 e. The van der Waals surface area contributed by atoms with Crippen molar-refractivity contribution in [3.8, 4) is 0 Å². The fraction of sp³-hybridized carbons (Fsp3) is 0.308. The summed E-state index contributed by atoms with van der Waals surface area (Å²) >= 11 is 1.40. The second-order valence-corrected chi connectivity index (χ2v) is 9.19. The number of unbranched alkanes of at least 4 members (excludes halogenated alkanes) is 1. The lowest BCUT2D eigenvalue weighted by Gasteiger charge is -2.05. The van der Waals surface area contributed by atoms with E-state index in [0.29, 0.717) is 30.2 Å². The van der Waals surface area contributed by atoms with Crippen molar-refractivity contribution >= 4 is 39.1 Å². The highest BCUT2D eigenvalue weighted by Crippen LogP contribution is 2.19. The monoisotopic (exact) mass is 460 g/mol. The van der Waals surface area contributed by atoms with Crippen LogP contribution in [0.2, 0.25) is 0 Å². The van der Waals surface area contributed by atoms with Crippen LogP contribution >= 0.6 is 11.3 Å². The van der Waals surface area contributed by atoms with Gasteiger partial charge in [0, 0.05) is 37.5 Å². The summed E-state index contributed by atoms with van der Waals surface area (Å²) < 4.78 is 2.22. The number of anilines is 1. The third-order valence-corrected chi connectivity index (χ3v) is 6.45. The third kappa shape index (κ3) is 6.83. The predicted molar refractivity (Wildman–Crippen MR) is 132 cm³/mol. The predicted octanol–water partition coefficient (Wildman–Crippen LogP) is 5.44. The van der Waals surface area contributed by atoms with Gasteiger partial charge < -0.3 is 9.88 Å². The molecule has 0 saturated carbocycles. The Morgan fingerprint density at radius 1 is 0.879 bits per heavy atom. The summed E-state index contributed by atoms with van der Waals surface area (Å²) in [5.41, 5.74) is 2.18. The van der Waals surface area contributed by atoms with Crippen LogP contribution in [-0.2, 0) is 29.0 Å². The van der Waals surface area contributed by atoms with E-state index >= 15 is 0 Å². The molecule has 2 aromatic heterocycles. The standard InChI is InChI=1S/C26H28N4O2S/c31-22(13-8-17-30-18-16-21-11-4-6-14-23(21)30)12-5-7-15-25-28-29-26(33-25)27-24(32)19-20-9-2-1-3-10-20/h1-4,6,9-11,14,16,18H,5,7-8,12-13,15,17,19H2,(H,27,29,32). The van der Waals surface area contributed by atoms with E-state index in [0.717, 1.165) is 42.8 Å². The molecule has 0 unspecified atom stereocenters. The Balaban J connectivity index is 1.11. The first-order valence-corrected chi connectivity index (χ1v) is 12.2. The van der Waals surface area contributed by atoms with Gasteiger partial charge in [0.2, 0.25) is 11.0 Å². The number of nitrogens with one attached hydrogen (secondary N) is 1. The quantitative estimate of drug-likeness (QED) is 0.286. The van der Waals surface area contributed by atoms with Crippen LogP contribution in [0.3, 0.4) is 0 Å². The third-order valence-electron chi connectivity index (χ3n) is 5.55. The topological polar surface area (TPSA) is 76.9 Å². The Morgan fingerprint density at radius 3 is 2.55 bits per heavy atom. The number of para-hydroxylation sites is 1. The number of carbonyl (C=O) groups is 2. The van der Waals surface area contributed by atoms with Crippen LogP contribution in [0.15, 0.2) is 66.9 Å². The maximum atomic E-state index is 12.2. The highest BCUT2D eigenvalue weighted by atomic mass is 32.1. The largest absolute Gasteiger partial charge is 0.347 e. The molecule has 2 aromatic carbocycles. The van der Waals surface area contributed by atoms with Gasteiger partial charge in [-0.3, -0.25) is 9.59 Å². The Kier molecular flexibility index (Phi) is 7.98. The molecular formula is C26H28N4O2S. The number of aryl methyl sites for hydroxylation is 2. The Bertz CT molecular complexity index is 1200. The van der Waals surface area contributed by atoms with Crippen molar-refractivity contribution in [1.82, 2.24) is 14.8 Å². The van der Waals surface area contributed by atoms with Crippen molar-refractivity contribution in [2.24, 2.45) is 0 Å². The van der Waals surface area contributed by atoms with Crippen molar-refractivity contribution in [3.05, 3.63) is 77.4 Å². The number of nitrogens with zero attached hydrogens (tertiary/aromatic N) is 3.